The third-order valence-electron chi connectivity index (χ3n) is 1.49. The molecule has 1 heterocycles. The lowest BCUT2D eigenvalue weighted by molar-refractivity contribution is 0.0482. The summed E-state index contributed by atoms with van der Waals surface area (Å²) < 4.78 is 4.97. The van der Waals surface area contributed by atoms with Gasteiger partial charge in [-0.25, -0.2) is 0 Å². The van der Waals surface area contributed by atoms with Crippen LogP contribution in [0.15, 0.2) is 4.99 Å². The minimum atomic E-state index is -0.816. The van der Waals surface area contributed by atoms with Gasteiger partial charge in [-0.05, 0) is 0 Å². The Bertz CT molecular complexity index is 137. The van der Waals surface area contributed by atoms with Gasteiger partial charge in [-0.1, -0.05) is 0 Å². The molecule has 0 aliphatic carbocycles. The van der Waals surface area contributed by atoms with Gasteiger partial charge in [0.15, 0.2) is 0 Å². The van der Waals surface area contributed by atoms with Gasteiger partial charge in [-0.15, -0.1) is 0 Å². The number of rotatable bonds is 1. The van der Waals surface area contributed by atoms with Gasteiger partial charge in [0.05, 0.1) is 6.61 Å². The Morgan fingerprint density at radius 3 is 2.70 bits per heavy atom. The molecule has 4 heteroatoms. The van der Waals surface area contributed by atoms with Gasteiger partial charge < -0.3 is 14.9 Å². The van der Waals surface area contributed by atoms with Crippen molar-refractivity contribution in [3.05, 3.63) is 0 Å². The van der Waals surface area contributed by atoms with E-state index in [4.69, 9.17) is 14.9 Å². The Morgan fingerprint density at radius 1 is 1.60 bits per heavy atom. The molecule has 0 bridgehead atoms. The average molecular weight is 145 g/mol. The molecule has 1 aliphatic rings. The molecule has 0 aromatic rings. The molecule has 0 radical (unpaired) electrons. The number of aliphatic hydroxyl groups is 2. The van der Waals surface area contributed by atoms with Crippen LogP contribution in [0.5, 0.6) is 0 Å². The number of aliphatic hydroxyl groups excluding tert-OH is 2. The zero-order valence-electron chi connectivity index (χ0n) is 5.77. The van der Waals surface area contributed by atoms with Crippen LogP contribution in [0.1, 0.15) is 0 Å². The molecule has 58 valence electrons. The minimum Gasteiger partial charge on any atom is -0.388 e. The molecule has 3 atom stereocenters. The molecular formula is C6H11NO3. The highest BCUT2D eigenvalue weighted by Crippen LogP contribution is 2.11. The van der Waals surface area contributed by atoms with Crippen LogP contribution in [-0.2, 0) is 4.74 Å². The Kier molecular flexibility index (Phi) is 2.37. The van der Waals surface area contributed by atoms with Crippen molar-refractivity contribution >= 4 is 6.21 Å². The predicted molar refractivity (Wildman–Crippen MR) is 36.2 cm³/mol. The molecule has 1 aliphatic heterocycles. The van der Waals surface area contributed by atoms with E-state index >= 15 is 0 Å². The molecule has 1 saturated heterocycles. The summed E-state index contributed by atoms with van der Waals surface area (Å²) in [5.41, 5.74) is 0. The number of aliphatic imine (C=N–C) groups is 1. The fraction of sp³-hybridized carbons (Fsp3) is 0.833. The fourth-order valence-electron chi connectivity index (χ4n) is 0.904. The lowest BCUT2D eigenvalue weighted by Crippen LogP contribution is -2.30. The molecule has 0 aromatic carbocycles. The number of ether oxygens (including phenoxy) is 1. The Labute approximate surface area is 59.2 Å². The van der Waals surface area contributed by atoms with Crippen molar-refractivity contribution < 1.29 is 14.9 Å². The lowest BCUT2D eigenvalue weighted by atomic mass is 10.2. The van der Waals surface area contributed by atoms with Crippen LogP contribution in [0, 0.1) is 0 Å². The highest BCUT2D eigenvalue weighted by molar-refractivity contribution is 5.64. The first-order valence-electron chi connectivity index (χ1n) is 3.15. The van der Waals surface area contributed by atoms with Gasteiger partial charge in [-0.2, -0.15) is 0 Å². The van der Waals surface area contributed by atoms with E-state index in [-0.39, 0.29) is 6.61 Å². The van der Waals surface area contributed by atoms with Crippen molar-refractivity contribution in [1.82, 2.24) is 0 Å². The van der Waals surface area contributed by atoms with E-state index in [9.17, 15) is 0 Å². The SMILES string of the molecule is C/N=C/[C@H]1OC[C@@H](O)[C@H]1O. The monoisotopic (exact) mass is 145 g/mol. The van der Waals surface area contributed by atoms with Gasteiger partial charge in [0, 0.05) is 13.3 Å². The third kappa shape index (κ3) is 1.34. The summed E-state index contributed by atoms with van der Waals surface area (Å²) in [6.07, 6.45) is -0.521. The summed E-state index contributed by atoms with van der Waals surface area (Å²) in [5, 5.41) is 18.1. The minimum absolute atomic E-state index is 0.192. The molecule has 1 fully saturated rings. The molecule has 0 saturated carbocycles. The number of hydrogen-bond donors (Lipinski definition) is 2. The van der Waals surface area contributed by atoms with E-state index < -0.39 is 18.3 Å². The van der Waals surface area contributed by atoms with E-state index in [2.05, 4.69) is 4.99 Å². The van der Waals surface area contributed by atoms with Crippen LogP contribution >= 0.6 is 0 Å². The van der Waals surface area contributed by atoms with Crippen LogP contribution in [0.25, 0.3) is 0 Å². The first kappa shape index (κ1) is 7.65. The standard InChI is InChI=1S/C6H11NO3/c1-7-2-5-6(9)4(8)3-10-5/h2,4-6,8-9H,3H2,1H3/b7-2+/t4-,5-,6-/m1/s1. The first-order chi connectivity index (χ1) is 4.75. The molecule has 0 unspecified atom stereocenters. The van der Waals surface area contributed by atoms with E-state index in [1.54, 1.807) is 7.05 Å². The summed E-state index contributed by atoms with van der Waals surface area (Å²) in [4.78, 5) is 3.68. The topological polar surface area (TPSA) is 62.0 Å². The second-order valence-electron chi connectivity index (χ2n) is 2.26. The zero-order valence-corrected chi connectivity index (χ0v) is 5.77. The Balaban J connectivity index is 2.48. The van der Waals surface area contributed by atoms with Gasteiger partial charge in [-0.3, -0.25) is 4.99 Å². The molecule has 10 heavy (non-hydrogen) atoms. The van der Waals surface area contributed by atoms with E-state index in [0.717, 1.165) is 0 Å². The van der Waals surface area contributed by atoms with Crippen LogP contribution in [-0.4, -0.2) is 48.4 Å². The molecule has 0 amide bonds. The van der Waals surface area contributed by atoms with Crippen molar-refractivity contribution in [1.29, 1.82) is 0 Å². The van der Waals surface area contributed by atoms with Crippen molar-refractivity contribution in [2.24, 2.45) is 4.99 Å². The van der Waals surface area contributed by atoms with E-state index in [1.165, 1.54) is 6.21 Å². The van der Waals surface area contributed by atoms with Gasteiger partial charge in [0.2, 0.25) is 0 Å². The average Bonchev–Trinajstić information content (AvgIpc) is 2.20. The third-order valence-corrected chi connectivity index (χ3v) is 1.49. The van der Waals surface area contributed by atoms with Crippen molar-refractivity contribution in [2.45, 2.75) is 18.3 Å². The summed E-state index contributed by atoms with van der Waals surface area (Å²) in [5.74, 6) is 0. The number of hydrogen-bond acceptors (Lipinski definition) is 4. The van der Waals surface area contributed by atoms with Crippen LogP contribution in [0.3, 0.4) is 0 Å². The van der Waals surface area contributed by atoms with Gasteiger partial charge >= 0.3 is 0 Å². The van der Waals surface area contributed by atoms with Crippen molar-refractivity contribution in [2.75, 3.05) is 13.7 Å². The van der Waals surface area contributed by atoms with Gasteiger partial charge in [0.25, 0.3) is 0 Å². The predicted octanol–water partition coefficient (Wildman–Crippen LogP) is -1.19. The summed E-state index contributed by atoms with van der Waals surface area (Å²) in [6, 6.07) is 0. The quantitative estimate of drug-likeness (QED) is 0.456. The highest BCUT2D eigenvalue weighted by Gasteiger charge is 2.32. The smallest absolute Gasteiger partial charge is 0.121 e. The van der Waals surface area contributed by atoms with Crippen LogP contribution < -0.4 is 0 Å². The second kappa shape index (κ2) is 3.09. The zero-order chi connectivity index (χ0) is 7.56. The normalized spacial score (nSPS) is 41.3. The molecule has 2 N–H and O–H groups in total. The Hall–Kier alpha value is -0.450. The molecule has 0 aromatic heterocycles. The van der Waals surface area contributed by atoms with Gasteiger partial charge in [0.1, 0.15) is 18.3 Å². The van der Waals surface area contributed by atoms with E-state index in [0.29, 0.717) is 0 Å². The molecule has 4 nitrogen and oxygen atoms in total. The maximum atomic E-state index is 9.12. The summed E-state index contributed by atoms with van der Waals surface area (Å²) in [6.45, 7) is 0.192. The second-order valence-corrected chi connectivity index (χ2v) is 2.26. The van der Waals surface area contributed by atoms with Crippen molar-refractivity contribution in [3.8, 4) is 0 Å². The summed E-state index contributed by atoms with van der Waals surface area (Å²) in [7, 11) is 1.60. The van der Waals surface area contributed by atoms with Crippen molar-refractivity contribution in [3.63, 3.8) is 0 Å². The maximum Gasteiger partial charge on any atom is 0.121 e. The Morgan fingerprint density at radius 2 is 2.30 bits per heavy atom. The first-order valence-corrected chi connectivity index (χ1v) is 3.15. The highest BCUT2D eigenvalue weighted by atomic mass is 16.5. The van der Waals surface area contributed by atoms with Crippen LogP contribution in [0.4, 0.5) is 0 Å². The molecule has 0 spiro atoms. The van der Waals surface area contributed by atoms with Crippen LogP contribution in [0.2, 0.25) is 0 Å². The largest absolute Gasteiger partial charge is 0.388 e. The lowest BCUT2D eigenvalue weighted by Gasteiger charge is -2.08. The molecule has 1 rings (SSSR count). The number of nitrogens with zero attached hydrogens (tertiary/aromatic N) is 1. The molecular weight excluding hydrogens is 134 g/mol. The van der Waals surface area contributed by atoms with E-state index in [1.807, 2.05) is 0 Å². The maximum absolute atomic E-state index is 9.12. The fourth-order valence-corrected chi connectivity index (χ4v) is 0.904. The summed E-state index contributed by atoms with van der Waals surface area (Å²) >= 11 is 0.